The molecule has 0 bridgehead atoms. The molecule has 21 heavy (non-hydrogen) atoms. The number of hydrogen-bond donors (Lipinski definition) is 1. The second-order valence-corrected chi connectivity index (χ2v) is 5.45. The minimum Gasteiger partial charge on any atom is -0.461 e. The predicted molar refractivity (Wildman–Crippen MR) is 88.8 cm³/mol. The Hall–Kier alpha value is -2.22. The molecule has 0 aliphatic heterocycles. The number of benzene rings is 2. The van der Waals surface area contributed by atoms with Crippen LogP contribution in [-0.4, -0.2) is 0 Å². The molecule has 1 heterocycles. The molecule has 2 aromatic carbocycles. The Balaban J connectivity index is 1.92. The quantitative estimate of drug-likeness (QED) is 0.708. The summed E-state index contributed by atoms with van der Waals surface area (Å²) in [5.74, 6) is 0.996. The Morgan fingerprint density at radius 2 is 1.81 bits per heavy atom. The van der Waals surface area contributed by atoms with Crippen LogP contribution in [0.25, 0.3) is 11.0 Å². The lowest BCUT2D eigenvalue weighted by molar-refractivity contribution is 0.573. The number of furan rings is 1. The van der Waals surface area contributed by atoms with Gasteiger partial charge in [0.25, 0.3) is 0 Å². The first kappa shape index (κ1) is 13.7. The maximum atomic E-state index is 5.83. The van der Waals surface area contributed by atoms with Crippen LogP contribution in [0.1, 0.15) is 29.4 Å². The standard InChI is InChI=1S/C19H21NO/c1-4-15-9-7-8-13(2)19(15)20-12-17-14(3)21-18-11-6-5-10-16(17)18/h5-11,20H,4,12H2,1-3H3. The third-order valence-electron chi connectivity index (χ3n) is 4.08. The van der Waals surface area contributed by atoms with Gasteiger partial charge in [0, 0.05) is 23.2 Å². The summed E-state index contributed by atoms with van der Waals surface area (Å²) < 4.78 is 5.83. The van der Waals surface area contributed by atoms with Gasteiger partial charge >= 0.3 is 0 Å². The highest BCUT2D eigenvalue weighted by molar-refractivity contribution is 5.82. The van der Waals surface area contributed by atoms with Gasteiger partial charge in [-0.3, -0.25) is 0 Å². The van der Waals surface area contributed by atoms with E-state index in [2.05, 4.69) is 49.5 Å². The molecule has 2 heteroatoms. The largest absolute Gasteiger partial charge is 0.461 e. The first-order valence-electron chi connectivity index (χ1n) is 7.50. The van der Waals surface area contributed by atoms with Gasteiger partial charge < -0.3 is 9.73 Å². The van der Waals surface area contributed by atoms with E-state index < -0.39 is 0 Å². The summed E-state index contributed by atoms with van der Waals surface area (Å²) in [6.07, 6.45) is 1.04. The molecule has 0 atom stereocenters. The summed E-state index contributed by atoms with van der Waals surface area (Å²) in [7, 11) is 0. The van der Waals surface area contributed by atoms with Gasteiger partial charge in [0.05, 0.1) is 0 Å². The SMILES string of the molecule is CCc1cccc(C)c1NCc1c(C)oc2ccccc12. The van der Waals surface area contributed by atoms with E-state index in [0.29, 0.717) is 0 Å². The van der Waals surface area contributed by atoms with Crippen LogP contribution >= 0.6 is 0 Å². The first-order chi connectivity index (χ1) is 10.2. The highest BCUT2D eigenvalue weighted by Crippen LogP contribution is 2.27. The number of fused-ring (bicyclic) bond motifs is 1. The van der Waals surface area contributed by atoms with Crippen molar-refractivity contribution >= 4 is 16.7 Å². The maximum absolute atomic E-state index is 5.83. The monoisotopic (exact) mass is 279 g/mol. The van der Waals surface area contributed by atoms with Crippen molar-refractivity contribution in [1.29, 1.82) is 0 Å². The van der Waals surface area contributed by atoms with Gasteiger partial charge in [-0.15, -0.1) is 0 Å². The van der Waals surface area contributed by atoms with Crippen LogP contribution < -0.4 is 5.32 Å². The van der Waals surface area contributed by atoms with Gasteiger partial charge in [-0.05, 0) is 37.5 Å². The Morgan fingerprint density at radius 1 is 1.00 bits per heavy atom. The molecule has 108 valence electrons. The third-order valence-corrected chi connectivity index (χ3v) is 4.08. The van der Waals surface area contributed by atoms with Gasteiger partial charge in [0.15, 0.2) is 0 Å². The average Bonchev–Trinajstić information content (AvgIpc) is 2.81. The zero-order valence-electron chi connectivity index (χ0n) is 12.9. The van der Waals surface area contributed by atoms with E-state index in [4.69, 9.17) is 4.42 Å². The van der Waals surface area contributed by atoms with E-state index >= 15 is 0 Å². The van der Waals surface area contributed by atoms with Crippen molar-refractivity contribution < 1.29 is 4.42 Å². The summed E-state index contributed by atoms with van der Waals surface area (Å²) >= 11 is 0. The molecule has 0 saturated carbocycles. The first-order valence-corrected chi connectivity index (χ1v) is 7.50. The Labute approximate surface area is 125 Å². The molecule has 3 aromatic rings. The van der Waals surface area contributed by atoms with Crippen LogP contribution in [0.15, 0.2) is 46.9 Å². The molecule has 0 fully saturated rings. The average molecular weight is 279 g/mol. The molecular weight excluding hydrogens is 258 g/mol. The Bertz CT molecular complexity index is 770. The summed E-state index contributed by atoms with van der Waals surface area (Å²) in [6.45, 7) is 7.18. The molecule has 0 amide bonds. The van der Waals surface area contributed by atoms with Crippen molar-refractivity contribution in [2.24, 2.45) is 0 Å². The third kappa shape index (κ3) is 2.54. The van der Waals surface area contributed by atoms with E-state index in [1.165, 1.54) is 27.8 Å². The lowest BCUT2D eigenvalue weighted by Gasteiger charge is -2.14. The number of nitrogens with one attached hydrogen (secondary N) is 1. The zero-order valence-corrected chi connectivity index (χ0v) is 12.9. The summed E-state index contributed by atoms with van der Waals surface area (Å²) in [4.78, 5) is 0. The van der Waals surface area contributed by atoms with Crippen molar-refractivity contribution in [2.75, 3.05) is 5.32 Å². The van der Waals surface area contributed by atoms with Gasteiger partial charge in [0.2, 0.25) is 0 Å². The van der Waals surface area contributed by atoms with E-state index in [1.54, 1.807) is 0 Å². The smallest absolute Gasteiger partial charge is 0.134 e. The minimum atomic E-state index is 0.792. The Kier molecular flexibility index (Phi) is 3.70. The van der Waals surface area contributed by atoms with E-state index in [0.717, 1.165) is 24.3 Å². The molecule has 0 aliphatic carbocycles. The van der Waals surface area contributed by atoms with Crippen molar-refractivity contribution in [2.45, 2.75) is 33.7 Å². The van der Waals surface area contributed by atoms with Gasteiger partial charge in [-0.1, -0.05) is 43.3 Å². The molecule has 2 nitrogen and oxygen atoms in total. The lowest BCUT2D eigenvalue weighted by Crippen LogP contribution is -2.04. The number of rotatable bonds is 4. The molecule has 0 saturated heterocycles. The van der Waals surface area contributed by atoms with Crippen molar-refractivity contribution in [1.82, 2.24) is 0 Å². The molecule has 0 radical (unpaired) electrons. The van der Waals surface area contributed by atoms with Crippen LogP contribution in [0.2, 0.25) is 0 Å². The van der Waals surface area contributed by atoms with Crippen LogP contribution in [0.5, 0.6) is 0 Å². The highest BCUT2D eigenvalue weighted by Gasteiger charge is 2.11. The maximum Gasteiger partial charge on any atom is 0.134 e. The summed E-state index contributed by atoms with van der Waals surface area (Å²) in [6, 6.07) is 14.7. The number of anilines is 1. The van der Waals surface area contributed by atoms with E-state index in [1.807, 2.05) is 19.1 Å². The van der Waals surface area contributed by atoms with Crippen molar-refractivity contribution in [3.05, 3.63) is 64.9 Å². The van der Waals surface area contributed by atoms with Gasteiger partial charge in [-0.2, -0.15) is 0 Å². The van der Waals surface area contributed by atoms with Crippen LogP contribution in [0.3, 0.4) is 0 Å². The molecule has 3 rings (SSSR count). The number of aryl methyl sites for hydroxylation is 3. The predicted octanol–water partition coefficient (Wildman–Crippen LogP) is 5.22. The van der Waals surface area contributed by atoms with Gasteiger partial charge in [0.1, 0.15) is 11.3 Å². The highest BCUT2D eigenvalue weighted by atomic mass is 16.3. The minimum absolute atomic E-state index is 0.792. The summed E-state index contributed by atoms with van der Waals surface area (Å²) in [5, 5.41) is 4.81. The van der Waals surface area contributed by atoms with Crippen LogP contribution in [0.4, 0.5) is 5.69 Å². The second-order valence-electron chi connectivity index (χ2n) is 5.45. The fourth-order valence-electron chi connectivity index (χ4n) is 2.89. The van der Waals surface area contributed by atoms with Crippen LogP contribution in [-0.2, 0) is 13.0 Å². The van der Waals surface area contributed by atoms with Crippen molar-refractivity contribution in [3.8, 4) is 0 Å². The van der Waals surface area contributed by atoms with Crippen LogP contribution in [0, 0.1) is 13.8 Å². The number of hydrogen-bond acceptors (Lipinski definition) is 2. The zero-order chi connectivity index (χ0) is 14.8. The lowest BCUT2D eigenvalue weighted by atomic mass is 10.0. The van der Waals surface area contributed by atoms with Crippen molar-refractivity contribution in [3.63, 3.8) is 0 Å². The topological polar surface area (TPSA) is 25.2 Å². The fraction of sp³-hybridized carbons (Fsp3) is 0.263. The molecule has 1 N–H and O–H groups in total. The van der Waals surface area contributed by atoms with Gasteiger partial charge in [-0.25, -0.2) is 0 Å². The summed E-state index contributed by atoms with van der Waals surface area (Å²) in [5.41, 5.74) is 6.12. The molecule has 0 spiro atoms. The van der Waals surface area contributed by atoms with E-state index in [9.17, 15) is 0 Å². The van der Waals surface area contributed by atoms with E-state index in [-0.39, 0.29) is 0 Å². The second kappa shape index (κ2) is 5.65. The fourth-order valence-corrected chi connectivity index (χ4v) is 2.89. The Morgan fingerprint density at radius 3 is 2.62 bits per heavy atom. The number of para-hydroxylation sites is 2. The normalized spacial score (nSPS) is 11.0. The molecule has 0 unspecified atom stereocenters. The molecular formula is C19H21NO. The molecule has 0 aliphatic rings. The molecule has 1 aromatic heterocycles.